The van der Waals surface area contributed by atoms with Gasteiger partial charge in [0, 0.05) is 90.3 Å². The number of esters is 3. The minimum absolute atomic E-state index is 0.0314. The molecule has 1 amide bonds. The van der Waals surface area contributed by atoms with Crippen molar-refractivity contribution in [1.29, 1.82) is 0 Å². The van der Waals surface area contributed by atoms with Gasteiger partial charge in [0.05, 0.1) is 33.0 Å². The van der Waals surface area contributed by atoms with Crippen LogP contribution in [-0.2, 0) is 61.0 Å². The van der Waals surface area contributed by atoms with Crippen LogP contribution in [0.2, 0.25) is 0 Å². The molecular formula is C46H58N4O14S. The minimum Gasteiger partial charge on any atom is -0.496 e. The first-order chi connectivity index (χ1) is 30.6. The van der Waals surface area contributed by atoms with E-state index in [1.165, 1.54) is 28.3 Å². The number of aliphatic hydroxyl groups is 2. The molecule has 2 saturated heterocycles. The number of para-hydroxylation sites is 1. The van der Waals surface area contributed by atoms with Gasteiger partial charge in [-0.1, -0.05) is 44.2 Å². The van der Waals surface area contributed by atoms with Crippen LogP contribution in [0.5, 0.6) is 5.75 Å². The van der Waals surface area contributed by atoms with E-state index in [9.17, 15) is 24.6 Å². The molecule has 9 atom stereocenters. The number of hydrogen-bond acceptors (Lipinski definition) is 14. The smallest absolute Gasteiger partial charge is 0.394 e. The molecule has 2 aromatic carbocycles. The molecule has 1 aromatic heterocycles. The number of benzene rings is 2. The number of carbonyl (C=O) groups is 4. The Bertz CT molecular complexity index is 2590. The van der Waals surface area contributed by atoms with E-state index in [1.807, 2.05) is 74.3 Å². The number of carbonyl (C=O) groups excluding carboxylic acids is 4. The molecule has 5 aliphatic heterocycles. The predicted molar refractivity (Wildman–Crippen MR) is 235 cm³/mol. The van der Waals surface area contributed by atoms with Crippen LogP contribution in [0.1, 0.15) is 75.3 Å². The number of H-pyrrole nitrogens is 1. The second-order valence-corrected chi connectivity index (χ2v) is 19.4. The first kappa shape index (κ1) is 46.5. The lowest BCUT2D eigenvalue weighted by Crippen LogP contribution is -2.81. The number of aromatic amines is 1. The third kappa shape index (κ3) is 6.70. The Labute approximate surface area is 377 Å². The fourth-order valence-electron chi connectivity index (χ4n) is 13.3. The van der Waals surface area contributed by atoms with E-state index >= 15 is 4.79 Å². The molecule has 6 heterocycles. The highest BCUT2D eigenvalue weighted by Gasteiger charge is 2.80. The van der Waals surface area contributed by atoms with Crippen molar-refractivity contribution in [1.82, 2.24) is 14.8 Å². The number of nitrogens with zero attached hydrogens (tertiary/aromatic N) is 3. The Morgan fingerprint density at radius 1 is 0.938 bits per heavy atom. The van der Waals surface area contributed by atoms with E-state index < -0.39 is 73.8 Å². The van der Waals surface area contributed by atoms with E-state index in [4.69, 9.17) is 36.5 Å². The molecule has 18 nitrogen and oxygen atoms in total. The number of likely N-dealkylation sites (N-methyl/N-ethyl adjacent to an activating group) is 1. The van der Waals surface area contributed by atoms with Crippen LogP contribution < -0.4 is 9.64 Å². The first-order valence-corrected chi connectivity index (χ1v) is 23.3. The fourth-order valence-corrected chi connectivity index (χ4v) is 13.3. The van der Waals surface area contributed by atoms with Gasteiger partial charge in [0.1, 0.15) is 11.2 Å². The third-order valence-electron chi connectivity index (χ3n) is 15.6. The molecule has 65 heavy (non-hydrogen) atoms. The van der Waals surface area contributed by atoms with Gasteiger partial charge in [0.15, 0.2) is 6.10 Å². The summed E-state index contributed by atoms with van der Waals surface area (Å²) in [7, 11) is 1.27. The Morgan fingerprint density at radius 2 is 1.63 bits per heavy atom. The number of nitrogens with one attached hydrogen (secondary N) is 1. The van der Waals surface area contributed by atoms with Gasteiger partial charge in [0.2, 0.25) is 11.5 Å². The van der Waals surface area contributed by atoms with Crippen molar-refractivity contribution in [3.8, 4) is 5.75 Å². The zero-order valence-corrected chi connectivity index (χ0v) is 38.4. The molecule has 2 bridgehead atoms. The molecule has 352 valence electrons. The summed E-state index contributed by atoms with van der Waals surface area (Å²) in [6, 6.07) is 10.4. The highest BCUT2D eigenvalue weighted by Crippen LogP contribution is 2.68. The van der Waals surface area contributed by atoms with Crippen molar-refractivity contribution >= 4 is 50.8 Å². The van der Waals surface area contributed by atoms with Crippen molar-refractivity contribution in [2.24, 2.45) is 11.3 Å². The van der Waals surface area contributed by atoms with Crippen LogP contribution in [0.3, 0.4) is 0 Å². The van der Waals surface area contributed by atoms with Gasteiger partial charge >= 0.3 is 28.3 Å². The van der Waals surface area contributed by atoms with Crippen LogP contribution in [-0.4, -0.2) is 150 Å². The summed E-state index contributed by atoms with van der Waals surface area (Å²) in [4.78, 5) is 66.9. The predicted octanol–water partition coefficient (Wildman–Crippen LogP) is 2.86. The average molecular weight is 923 g/mol. The molecule has 3 fully saturated rings. The molecule has 19 heteroatoms. The summed E-state index contributed by atoms with van der Waals surface area (Å²) in [5.74, 6) is -2.70. The van der Waals surface area contributed by atoms with Gasteiger partial charge in [-0.15, -0.1) is 0 Å². The van der Waals surface area contributed by atoms with Crippen molar-refractivity contribution in [3.05, 3.63) is 70.9 Å². The van der Waals surface area contributed by atoms with E-state index in [2.05, 4.69) is 9.88 Å². The van der Waals surface area contributed by atoms with Crippen molar-refractivity contribution in [3.63, 3.8) is 0 Å². The summed E-state index contributed by atoms with van der Waals surface area (Å²) >= 11 is 0. The summed E-state index contributed by atoms with van der Waals surface area (Å²) in [5.41, 5.74) is -2.98. The second-order valence-electron chi connectivity index (χ2n) is 18.5. The summed E-state index contributed by atoms with van der Waals surface area (Å²) in [6.07, 6.45) is 4.63. The average Bonchev–Trinajstić information content (AvgIpc) is 3.93. The highest BCUT2D eigenvalue weighted by molar-refractivity contribution is 7.79. The van der Waals surface area contributed by atoms with Crippen molar-refractivity contribution in [2.75, 3.05) is 59.5 Å². The molecule has 9 rings (SSSR count). The van der Waals surface area contributed by atoms with Crippen molar-refractivity contribution < 1.29 is 65.9 Å². The number of aromatic nitrogens is 1. The number of amides is 1. The van der Waals surface area contributed by atoms with Crippen LogP contribution >= 0.6 is 0 Å². The second kappa shape index (κ2) is 16.1. The SMILES string of the molecule is CC[C@]1(O)C[C@@H]2C[C@](C(=O)OC)(c3cc4c(cc3OC)N(C)[C@H]3[C@@](O)(C(=O)OC)[C@H](OC(C)=O)[C@]5(CC)C=CCN6CC[C@]43[C@@H]65)c3[nH]c4ccccc4c3CCN(C1)C2=O.O=S(=O)(O)O. The number of anilines is 1. The normalized spacial score (nSPS) is 33.6. The molecule has 1 spiro atoms. The van der Waals surface area contributed by atoms with Gasteiger partial charge < -0.3 is 43.9 Å². The van der Waals surface area contributed by atoms with E-state index in [0.717, 1.165) is 22.0 Å². The monoisotopic (exact) mass is 922 g/mol. The topological polar surface area (TPSA) is 246 Å². The maximum Gasteiger partial charge on any atom is 0.394 e. The molecular weight excluding hydrogens is 865 g/mol. The molecule has 6 aliphatic rings. The maximum absolute atomic E-state index is 15.3. The lowest BCUT2D eigenvalue weighted by molar-refractivity contribution is -0.228. The number of rotatable bonds is 7. The molecule has 3 aromatic rings. The quantitative estimate of drug-likeness (QED) is 0.0990. The number of fused-ring (bicyclic) bond motifs is 6. The molecule has 0 unspecified atom stereocenters. The first-order valence-electron chi connectivity index (χ1n) is 21.9. The Balaban J connectivity index is 0.00000109. The van der Waals surface area contributed by atoms with Crippen molar-refractivity contribution in [2.45, 2.75) is 99.5 Å². The molecule has 0 radical (unpaired) electrons. The minimum atomic E-state index is -4.67. The highest BCUT2D eigenvalue weighted by atomic mass is 32.3. The largest absolute Gasteiger partial charge is 0.496 e. The maximum atomic E-state index is 15.3. The molecule has 1 aliphatic carbocycles. The van der Waals surface area contributed by atoms with Gasteiger partial charge in [0.25, 0.3) is 0 Å². The third-order valence-corrected chi connectivity index (χ3v) is 15.6. The van der Waals surface area contributed by atoms with E-state index in [1.54, 1.807) is 4.90 Å². The lowest BCUT2D eigenvalue weighted by atomic mass is 9.47. The molecule has 1 saturated carbocycles. The van der Waals surface area contributed by atoms with Gasteiger partial charge in [-0.05, 0) is 68.3 Å². The molecule has 5 N–H and O–H groups in total. The van der Waals surface area contributed by atoms with Gasteiger partial charge in [-0.2, -0.15) is 8.42 Å². The number of piperidine rings is 1. The van der Waals surface area contributed by atoms with Crippen LogP contribution in [0.4, 0.5) is 5.69 Å². The van der Waals surface area contributed by atoms with Gasteiger partial charge in [-0.3, -0.25) is 28.4 Å². The summed E-state index contributed by atoms with van der Waals surface area (Å²) in [6.45, 7) is 6.95. The number of ether oxygens (including phenoxy) is 4. The van der Waals surface area contributed by atoms with E-state index in [0.29, 0.717) is 68.0 Å². The van der Waals surface area contributed by atoms with Gasteiger partial charge in [-0.25, -0.2) is 4.79 Å². The Hall–Kier alpha value is -5.05. The zero-order valence-electron chi connectivity index (χ0n) is 37.6. The Morgan fingerprint density at radius 3 is 2.26 bits per heavy atom. The van der Waals surface area contributed by atoms with Crippen LogP contribution in [0.15, 0.2) is 48.6 Å². The van der Waals surface area contributed by atoms with Crippen LogP contribution in [0, 0.1) is 11.3 Å². The van der Waals surface area contributed by atoms with Crippen LogP contribution in [0.25, 0.3) is 10.9 Å². The van der Waals surface area contributed by atoms with E-state index in [-0.39, 0.29) is 31.3 Å². The zero-order chi connectivity index (χ0) is 47.2. The number of hydrogen-bond donors (Lipinski definition) is 5. The fraction of sp³-hybridized carbons (Fsp3) is 0.565. The summed E-state index contributed by atoms with van der Waals surface area (Å²) in [5, 5.41) is 26.2. The lowest BCUT2D eigenvalue weighted by Gasteiger charge is -2.63. The summed E-state index contributed by atoms with van der Waals surface area (Å²) < 4.78 is 55.3. The number of methoxy groups -OCH3 is 3. The Kier molecular flexibility index (Phi) is 11.5. The standard InChI is InChI=1S/C46H56N4O10.H2O4S/c1-8-42(55)23-27-24-45(40(53)58-6,35-29(15-19-50(25-42)36(27)52)28-13-10-11-14-32(28)47-35)31-21-30-33(22-34(31)57-5)48(4)38-44(30)17-20-49-18-12-16-43(9-2,37(44)49)39(60-26(3)51)46(38,56)41(54)59-7;1-5(2,3)4/h10-14,16,21-22,27,37-39,47,55-56H,8-9,15,17-20,23-25H2,1-7H3;(H2,1,2,3,4)/t27-,37+,38-,39-,42+,43-,44-,45+,46+;/m1./s1.